The largest absolute Gasteiger partial charge is 0.372 e. The van der Waals surface area contributed by atoms with Crippen LogP contribution in [0.25, 0.3) is 0 Å². The first-order chi connectivity index (χ1) is 12.4. The van der Waals surface area contributed by atoms with E-state index in [1.807, 2.05) is 38.1 Å². The molecule has 138 valence electrons. The summed E-state index contributed by atoms with van der Waals surface area (Å²) in [5.41, 5.74) is 4.52. The Hall–Kier alpha value is -2.82. The third-order valence-electron chi connectivity index (χ3n) is 4.34. The molecule has 2 aromatic rings. The molecule has 5 heteroatoms. The first-order valence-electron chi connectivity index (χ1n) is 8.95. The number of amides is 2. The predicted octanol–water partition coefficient (Wildman–Crippen LogP) is 3.52. The lowest BCUT2D eigenvalue weighted by atomic mass is 10.1. The van der Waals surface area contributed by atoms with Crippen molar-refractivity contribution < 1.29 is 9.59 Å². The van der Waals surface area contributed by atoms with E-state index in [1.54, 1.807) is 12.1 Å². The second-order valence-electron chi connectivity index (χ2n) is 6.27. The summed E-state index contributed by atoms with van der Waals surface area (Å²) in [6, 6.07) is 13.2. The minimum Gasteiger partial charge on any atom is -0.372 e. The Balaban J connectivity index is 1.93. The Kier molecular flexibility index (Phi) is 6.78. The van der Waals surface area contributed by atoms with Crippen LogP contribution in [0.15, 0.2) is 42.5 Å². The molecule has 0 aliphatic rings. The molecule has 0 unspecified atom stereocenters. The fourth-order valence-electron chi connectivity index (χ4n) is 2.74. The third-order valence-corrected chi connectivity index (χ3v) is 4.34. The van der Waals surface area contributed by atoms with Crippen molar-refractivity contribution >= 4 is 23.2 Å². The van der Waals surface area contributed by atoms with E-state index < -0.39 is 0 Å². The normalized spacial score (nSPS) is 10.3. The number of hydrogen-bond donors (Lipinski definition) is 2. The van der Waals surface area contributed by atoms with Crippen molar-refractivity contribution in [2.45, 2.75) is 27.7 Å². The van der Waals surface area contributed by atoms with Gasteiger partial charge in [-0.2, -0.15) is 0 Å². The van der Waals surface area contributed by atoms with E-state index in [0.717, 1.165) is 35.6 Å². The molecular weight excluding hydrogens is 326 g/mol. The number of anilines is 2. The number of carbonyl (C=O) groups excluding carboxylic acids is 2. The molecule has 2 N–H and O–H groups in total. The molecule has 0 heterocycles. The molecule has 0 aliphatic heterocycles. The predicted molar refractivity (Wildman–Crippen MR) is 107 cm³/mol. The first-order valence-corrected chi connectivity index (χ1v) is 8.95. The van der Waals surface area contributed by atoms with Gasteiger partial charge in [-0.15, -0.1) is 0 Å². The molecule has 0 bridgehead atoms. The van der Waals surface area contributed by atoms with Crippen molar-refractivity contribution in [3.63, 3.8) is 0 Å². The Bertz CT molecular complexity index is 765. The first kappa shape index (κ1) is 19.5. The van der Waals surface area contributed by atoms with Crippen LogP contribution < -0.4 is 15.5 Å². The third kappa shape index (κ3) is 5.09. The number of carbonyl (C=O) groups is 2. The van der Waals surface area contributed by atoms with Crippen LogP contribution in [-0.2, 0) is 4.79 Å². The summed E-state index contributed by atoms with van der Waals surface area (Å²) >= 11 is 0. The molecule has 0 saturated heterocycles. The van der Waals surface area contributed by atoms with Gasteiger partial charge in [0.15, 0.2) is 0 Å². The number of rotatable bonds is 7. The van der Waals surface area contributed by atoms with Crippen molar-refractivity contribution in [1.29, 1.82) is 0 Å². The zero-order valence-electron chi connectivity index (χ0n) is 15.9. The summed E-state index contributed by atoms with van der Waals surface area (Å²) in [5.74, 6) is -0.502. The van der Waals surface area contributed by atoms with Gasteiger partial charge in [-0.05, 0) is 63.6 Å². The van der Waals surface area contributed by atoms with E-state index in [1.165, 1.54) is 0 Å². The van der Waals surface area contributed by atoms with Crippen LogP contribution in [0, 0.1) is 13.8 Å². The summed E-state index contributed by atoms with van der Waals surface area (Å²) in [6.07, 6.45) is 0. The van der Waals surface area contributed by atoms with Crippen molar-refractivity contribution in [3.8, 4) is 0 Å². The highest BCUT2D eigenvalue weighted by molar-refractivity contribution is 5.99. The monoisotopic (exact) mass is 353 g/mol. The lowest BCUT2D eigenvalue weighted by Gasteiger charge is -2.22. The molecule has 26 heavy (non-hydrogen) atoms. The van der Waals surface area contributed by atoms with Gasteiger partial charge in [0.1, 0.15) is 0 Å². The molecular formula is C21H27N3O2. The summed E-state index contributed by atoms with van der Waals surface area (Å²) in [7, 11) is 0. The molecule has 5 nitrogen and oxygen atoms in total. The van der Waals surface area contributed by atoms with Gasteiger partial charge in [-0.25, -0.2) is 0 Å². The maximum Gasteiger partial charge on any atom is 0.251 e. The van der Waals surface area contributed by atoms with Crippen LogP contribution in [-0.4, -0.2) is 31.4 Å². The fraction of sp³-hybridized carbons (Fsp3) is 0.333. The summed E-state index contributed by atoms with van der Waals surface area (Å²) in [5, 5.41) is 5.50. The lowest BCUT2D eigenvalue weighted by molar-refractivity contribution is -0.115. The molecule has 0 atom stereocenters. The van der Waals surface area contributed by atoms with Crippen molar-refractivity contribution in [1.82, 2.24) is 5.32 Å². The lowest BCUT2D eigenvalue weighted by Crippen LogP contribution is -2.33. The Labute approximate surface area is 155 Å². The molecule has 0 spiro atoms. The molecule has 2 rings (SSSR count). The average Bonchev–Trinajstić information content (AvgIpc) is 2.63. The molecule has 0 radical (unpaired) electrons. The van der Waals surface area contributed by atoms with Crippen LogP contribution in [0.4, 0.5) is 11.4 Å². The van der Waals surface area contributed by atoms with Crippen LogP contribution in [0.3, 0.4) is 0 Å². The van der Waals surface area contributed by atoms with Gasteiger partial charge >= 0.3 is 0 Å². The fourth-order valence-corrected chi connectivity index (χ4v) is 2.74. The van der Waals surface area contributed by atoms with Crippen LogP contribution in [0.2, 0.25) is 0 Å². The van der Waals surface area contributed by atoms with Gasteiger partial charge in [-0.3, -0.25) is 9.59 Å². The molecule has 0 aromatic heterocycles. The Morgan fingerprint density at radius 2 is 1.62 bits per heavy atom. The van der Waals surface area contributed by atoms with Gasteiger partial charge < -0.3 is 15.5 Å². The SMILES string of the molecule is CCN(CC)c1ccc(NC(=O)CNC(=O)c2ccc(C)cc2)c(C)c1. The topological polar surface area (TPSA) is 61.4 Å². The minimum absolute atomic E-state index is 0.0655. The van der Waals surface area contributed by atoms with Gasteiger partial charge in [0, 0.05) is 30.0 Å². The summed E-state index contributed by atoms with van der Waals surface area (Å²) < 4.78 is 0. The van der Waals surface area contributed by atoms with Crippen LogP contribution in [0.5, 0.6) is 0 Å². The van der Waals surface area contributed by atoms with E-state index in [2.05, 4.69) is 35.4 Å². The second-order valence-corrected chi connectivity index (χ2v) is 6.27. The van der Waals surface area contributed by atoms with Crippen molar-refractivity contribution in [2.75, 3.05) is 29.9 Å². The molecule has 0 saturated carbocycles. The molecule has 2 amide bonds. The number of hydrogen-bond acceptors (Lipinski definition) is 3. The molecule has 0 aliphatic carbocycles. The van der Waals surface area contributed by atoms with E-state index >= 15 is 0 Å². The zero-order chi connectivity index (χ0) is 19.1. The highest BCUT2D eigenvalue weighted by Gasteiger charge is 2.10. The number of benzene rings is 2. The van der Waals surface area contributed by atoms with E-state index in [-0.39, 0.29) is 18.4 Å². The van der Waals surface area contributed by atoms with Gasteiger partial charge in [0.05, 0.1) is 6.54 Å². The summed E-state index contributed by atoms with van der Waals surface area (Å²) in [4.78, 5) is 26.5. The standard InChI is InChI=1S/C21H27N3O2/c1-5-24(6-2)18-11-12-19(16(4)13-18)23-20(25)14-22-21(26)17-9-7-15(3)8-10-17/h7-13H,5-6,14H2,1-4H3,(H,22,26)(H,23,25). The smallest absolute Gasteiger partial charge is 0.251 e. The Morgan fingerprint density at radius 3 is 2.19 bits per heavy atom. The van der Waals surface area contributed by atoms with E-state index in [9.17, 15) is 9.59 Å². The van der Waals surface area contributed by atoms with Gasteiger partial charge in [-0.1, -0.05) is 17.7 Å². The van der Waals surface area contributed by atoms with Gasteiger partial charge in [0.25, 0.3) is 5.91 Å². The van der Waals surface area contributed by atoms with E-state index in [0.29, 0.717) is 5.56 Å². The number of nitrogens with one attached hydrogen (secondary N) is 2. The maximum atomic E-state index is 12.1. The van der Waals surface area contributed by atoms with Crippen molar-refractivity contribution in [2.24, 2.45) is 0 Å². The van der Waals surface area contributed by atoms with E-state index in [4.69, 9.17) is 0 Å². The van der Waals surface area contributed by atoms with Crippen LogP contribution in [0.1, 0.15) is 35.3 Å². The summed E-state index contributed by atoms with van der Waals surface area (Å²) in [6.45, 7) is 9.97. The minimum atomic E-state index is -0.256. The molecule has 0 fully saturated rings. The van der Waals surface area contributed by atoms with Gasteiger partial charge in [0.2, 0.25) is 5.91 Å². The van der Waals surface area contributed by atoms with Crippen LogP contribution >= 0.6 is 0 Å². The zero-order valence-corrected chi connectivity index (χ0v) is 15.9. The quantitative estimate of drug-likeness (QED) is 0.801. The second kappa shape index (κ2) is 9.04. The molecule has 2 aromatic carbocycles. The van der Waals surface area contributed by atoms with Crippen molar-refractivity contribution in [3.05, 3.63) is 59.2 Å². The number of aryl methyl sites for hydroxylation is 2. The number of nitrogens with zero attached hydrogens (tertiary/aromatic N) is 1. The maximum absolute atomic E-state index is 12.1. The highest BCUT2D eigenvalue weighted by atomic mass is 16.2. The highest BCUT2D eigenvalue weighted by Crippen LogP contribution is 2.22. The Morgan fingerprint density at radius 1 is 0.962 bits per heavy atom. The average molecular weight is 353 g/mol.